The highest BCUT2D eigenvalue weighted by molar-refractivity contribution is 9.10. The number of anilines is 1. The molecule has 1 aliphatic rings. The molecule has 0 radical (unpaired) electrons. The monoisotopic (exact) mass is 341 g/mol. The van der Waals surface area contributed by atoms with Crippen LogP contribution in [-0.4, -0.2) is 16.4 Å². The fraction of sp³-hybridized carbons (Fsp3) is 0.462. The Balaban J connectivity index is 2.13. The van der Waals surface area contributed by atoms with E-state index in [1.165, 1.54) is 18.2 Å². The van der Waals surface area contributed by atoms with Gasteiger partial charge in [0.15, 0.2) is 0 Å². The quantitative estimate of drug-likeness (QED) is 0.652. The van der Waals surface area contributed by atoms with Crippen molar-refractivity contribution in [2.75, 3.05) is 5.32 Å². The molecule has 1 amide bonds. The number of rotatable bonds is 3. The highest BCUT2D eigenvalue weighted by Gasteiger charge is 2.35. The number of carbonyl (C=O) groups excluding carboxylic acids is 1. The van der Waals surface area contributed by atoms with Crippen molar-refractivity contribution in [2.45, 2.75) is 37.6 Å². The molecule has 0 unspecified atom stereocenters. The maximum absolute atomic E-state index is 12.3. The van der Waals surface area contributed by atoms with Crippen molar-refractivity contribution in [3.8, 4) is 0 Å². The highest BCUT2D eigenvalue weighted by atomic mass is 79.9. The molecule has 6 nitrogen and oxygen atoms in total. The minimum Gasteiger partial charge on any atom is -0.323 e. The second-order valence-corrected chi connectivity index (χ2v) is 5.95. The number of nitrogens with one attached hydrogen (secondary N) is 1. The van der Waals surface area contributed by atoms with Crippen LogP contribution in [-0.2, 0) is 4.79 Å². The first-order chi connectivity index (χ1) is 9.42. The van der Waals surface area contributed by atoms with Gasteiger partial charge in [0.2, 0.25) is 5.91 Å². The van der Waals surface area contributed by atoms with E-state index in [1.54, 1.807) is 0 Å². The zero-order chi connectivity index (χ0) is 14.8. The van der Waals surface area contributed by atoms with Crippen LogP contribution in [0.3, 0.4) is 0 Å². The molecule has 1 fully saturated rings. The fourth-order valence-electron chi connectivity index (χ4n) is 2.38. The SMILES string of the molecule is NC1(C(=O)Nc2ccc([N+](=O)[O-])cc2Br)CCCCC1. The summed E-state index contributed by atoms with van der Waals surface area (Å²) in [4.78, 5) is 22.4. The molecule has 20 heavy (non-hydrogen) atoms. The number of carbonyl (C=O) groups is 1. The summed E-state index contributed by atoms with van der Waals surface area (Å²) in [6, 6.07) is 4.22. The number of amides is 1. The van der Waals surface area contributed by atoms with Gasteiger partial charge in [0.25, 0.3) is 5.69 Å². The summed E-state index contributed by atoms with van der Waals surface area (Å²) in [7, 11) is 0. The van der Waals surface area contributed by atoms with Crippen molar-refractivity contribution in [3.63, 3.8) is 0 Å². The molecule has 1 saturated carbocycles. The number of non-ortho nitro benzene ring substituents is 1. The first-order valence-electron chi connectivity index (χ1n) is 6.47. The molecule has 1 aliphatic carbocycles. The smallest absolute Gasteiger partial charge is 0.270 e. The molecule has 2 rings (SSSR count). The van der Waals surface area contributed by atoms with E-state index in [9.17, 15) is 14.9 Å². The van der Waals surface area contributed by atoms with Gasteiger partial charge in [-0.15, -0.1) is 0 Å². The molecule has 0 saturated heterocycles. The molecule has 0 heterocycles. The van der Waals surface area contributed by atoms with Crippen LogP contribution in [0.4, 0.5) is 11.4 Å². The van der Waals surface area contributed by atoms with Gasteiger partial charge < -0.3 is 11.1 Å². The zero-order valence-electron chi connectivity index (χ0n) is 10.9. The summed E-state index contributed by atoms with van der Waals surface area (Å²) >= 11 is 3.23. The largest absolute Gasteiger partial charge is 0.323 e. The topological polar surface area (TPSA) is 98.3 Å². The summed E-state index contributed by atoms with van der Waals surface area (Å²) in [5, 5.41) is 13.4. The molecule has 0 aliphatic heterocycles. The van der Waals surface area contributed by atoms with Gasteiger partial charge in [0.05, 0.1) is 16.1 Å². The van der Waals surface area contributed by atoms with Crippen LogP contribution in [0.2, 0.25) is 0 Å². The maximum atomic E-state index is 12.3. The molecule has 108 valence electrons. The number of halogens is 1. The van der Waals surface area contributed by atoms with Crippen LogP contribution >= 0.6 is 15.9 Å². The minimum absolute atomic E-state index is 0.0324. The van der Waals surface area contributed by atoms with E-state index >= 15 is 0 Å². The Labute approximate surface area is 125 Å². The third-order valence-corrected chi connectivity index (χ3v) is 4.27. The number of hydrogen-bond acceptors (Lipinski definition) is 4. The molecule has 0 aromatic heterocycles. The van der Waals surface area contributed by atoms with E-state index in [1.807, 2.05) is 0 Å². The van der Waals surface area contributed by atoms with E-state index in [0.29, 0.717) is 23.0 Å². The molecule has 0 atom stereocenters. The fourth-order valence-corrected chi connectivity index (χ4v) is 2.84. The predicted octanol–water partition coefficient (Wildman–Crippen LogP) is 2.96. The average Bonchev–Trinajstić information content (AvgIpc) is 2.41. The van der Waals surface area contributed by atoms with Crippen molar-refractivity contribution in [3.05, 3.63) is 32.8 Å². The molecule has 7 heteroatoms. The van der Waals surface area contributed by atoms with E-state index in [0.717, 1.165) is 19.3 Å². The molecule has 0 bridgehead atoms. The number of nitrogens with two attached hydrogens (primary N) is 1. The third kappa shape index (κ3) is 3.16. The van der Waals surface area contributed by atoms with Crippen LogP contribution in [0.5, 0.6) is 0 Å². The number of nitro benzene ring substituents is 1. The van der Waals surface area contributed by atoms with Crippen molar-refractivity contribution in [1.29, 1.82) is 0 Å². The second kappa shape index (κ2) is 5.88. The first-order valence-corrected chi connectivity index (χ1v) is 7.26. The van der Waals surface area contributed by atoms with Gasteiger partial charge in [-0.2, -0.15) is 0 Å². The number of benzene rings is 1. The highest BCUT2D eigenvalue weighted by Crippen LogP contribution is 2.30. The van der Waals surface area contributed by atoms with Gasteiger partial charge in [-0.1, -0.05) is 19.3 Å². The van der Waals surface area contributed by atoms with Crippen LogP contribution in [0.15, 0.2) is 22.7 Å². The zero-order valence-corrected chi connectivity index (χ0v) is 12.5. The Bertz CT molecular complexity index is 542. The number of nitro groups is 1. The van der Waals surface area contributed by atoms with E-state index in [-0.39, 0.29) is 11.6 Å². The van der Waals surface area contributed by atoms with E-state index < -0.39 is 10.5 Å². The molecular formula is C13H16BrN3O3. The lowest BCUT2D eigenvalue weighted by atomic mass is 9.82. The van der Waals surface area contributed by atoms with Gasteiger partial charge in [0, 0.05) is 16.6 Å². The van der Waals surface area contributed by atoms with E-state index in [4.69, 9.17) is 5.73 Å². The van der Waals surface area contributed by atoms with Gasteiger partial charge in [-0.05, 0) is 34.8 Å². The summed E-state index contributed by atoms with van der Waals surface area (Å²) in [5.74, 6) is -0.230. The average molecular weight is 342 g/mol. The van der Waals surface area contributed by atoms with Gasteiger partial charge >= 0.3 is 0 Å². The Morgan fingerprint density at radius 2 is 2.00 bits per heavy atom. The van der Waals surface area contributed by atoms with Crippen LogP contribution in [0.1, 0.15) is 32.1 Å². The Morgan fingerprint density at radius 1 is 1.35 bits per heavy atom. The lowest BCUT2D eigenvalue weighted by Gasteiger charge is -2.31. The van der Waals surface area contributed by atoms with Crippen LogP contribution < -0.4 is 11.1 Å². The molecular weight excluding hydrogens is 326 g/mol. The van der Waals surface area contributed by atoms with Crippen molar-refractivity contribution >= 4 is 33.2 Å². The summed E-state index contributed by atoms with van der Waals surface area (Å²) in [6.45, 7) is 0. The maximum Gasteiger partial charge on any atom is 0.270 e. The normalized spacial score (nSPS) is 17.5. The summed E-state index contributed by atoms with van der Waals surface area (Å²) < 4.78 is 0.472. The number of hydrogen-bond donors (Lipinski definition) is 2. The lowest BCUT2D eigenvalue weighted by Crippen LogP contribution is -2.52. The molecule has 1 aromatic rings. The predicted molar refractivity (Wildman–Crippen MR) is 79.4 cm³/mol. The summed E-state index contributed by atoms with van der Waals surface area (Å²) in [5.41, 5.74) is 5.77. The Kier molecular flexibility index (Phi) is 4.39. The standard InChI is InChI=1S/C13H16BrN3O3/c14-10-8-9(17(19)20)4-5-11(10)16-12(18)13(15)6-2-1-3-7-13/h4-5,8H,1-3,6-7,15H2,(H,16,18). The lowest BCUT2D eigenvalue weighted by molar-refractivity contribution is -0.384. The Morgan fingerprint density at radius 3 is 2.55 bits per heavy atom. The Hall–Kier alpha value is -1.47. The van der Waals surface area contributed by atoms with E-state index in [2.05, 4.69) is 21.2 Å². The van der Waals surface area contributed by atoms with Crippen molar-refractivity contribution in [1.82, 2.24) is 0 Å². The molecule has 0 spiro atoms. The van der Waals surface area contributed by atoms with Crippen LogP contribution in [0.25, 0.3) is 0 Å². The minimum atomic E-state index is -0.834. The third-order valence-electron chi connectivity index (χ3n) is 3.61. The molecule has 3 N–H and O–H groups in total. The van der Waals surface area contributed by atoms with Crippen LogP contribution in [0, 0.1) is 10.1 Å². The second-order valence-electron chi connectivity index (χ2n) is 5.09. The van der Waals surface area contributed by atoms with Gasteiger partial charge in [0.1, 0.15) is 0 Å². The molecule has 1 aromatic carbocycles. The van der Waals surface area contributed by atoms with Crippen molar-refractivity contribution in [2.24, 2.45) is 5.73 Å². The van der Waals surface area contributed by atoms with Gasteiger partial charge in [-0.25, -0.2) is 0 Å². The number of nitrogens with zero attached hydrogens (tertiary/aromatic N) is 1. The van der Waals surface area contributed by atoms with Crippen molar-refractivity contribution < 1.29 is 9.72 Å². The van der Waals surface area contributed by atoms with Gasteiger partial charge in [-0.3, -0.25) is 14.9 Å². The first kappa shape index (κ1) is 14.9. The summed E-state index contributed by atoms with van der Waals surface area (Å²) in [6.07, 6.45) is 4.34.